The predicted molar refractivity (Wildman–Crippen MR) is 119 cm³/mol. The highest BCUT2D eigenvalue weighted by atomic mass is 16.6. The van der Waals surface area contributed by atoms with Gasteiger partial charge in [0.05, 0.1) is 22.8 Å². The van der Waals surface area contributed by atoms with Crippen molar-refractivity contribution in [3.63, 3.8) is 0 Å². The molecule has 168 valence electrons. The summed E-state index contributed by atoms with van der Waals surface area (Å²) in [5, 5.41) is 5.03. The Morgan fingerprint density at radius 1 is 1.06 bits per heavy atom. The van der Waals surface area contributed by atoms with Crippen LogP contribution in [0, 0.1) is 5.92 Å². The fraction of sp³-hybridized carbons (Fsp3) is 0.391. The number of hydrogen-bond acceptors (Lipinski definition) is 6. The summed E-state index contributed by atoms with van der Waals surface area (Å²) >= 11 is 0. The Morgan fingerprint density at radius 2 is 1.81 bits per heavy atom. The first-order valence-corrected chi connectivity index (χ1v) is 10.7. The number of carbonyl (C=O) groups excluding carboxylic acids is 2. The van der Waals surface area contributed by atoms with Crippen LogP contribution in [0.3, 0.4) is 0 Å². The van der Waals surface area contributed by atoms with Crippen LogP contribution in [0.2, 0.25) is 0 Å². The van der Waals surface area contributed by atoms with Crippen molar-refractivity contribution in [2.24, 2.45) is 5.92 Å². The molecule has 0 aliphatic carbocycles. The second-order valence-corrected chi connectivity index (χ2v) is 8.43. The molecule has 3 heterocycles. The van der Waals surface area contributed by atoms with Gasteiger partial charge < -0.3 is 9.47 Å². The van der Waals surface area contributed by atoms with Gasteiger partial charge in [-0.2, -0.15) is 5.10 Å². The Morgan fingerprint density at radius 3 is 2.53 bits per heavy atom. The zero-order chi connectivity index (χ0) is 22.8. The van der Waals surface area contributed by atoms with E-state index >= 15 is 0 Å². The maximum absolute atomic E-state index is 13.0. The van der Waals surface area contributed by atoms with Crippen LogP contribution in [-0.4, -0.2) is 39.8 Å². The number of amides is 2. The number of fused-ring (bicyclic) bond motifs is 2. The van der Waals surface area contributed by atoms with E-state index in [-0.39, 0.29) is 17.9 Å². The Bertz CT molecular complexity index is 1170. The number of benzene rings is 1. The van der Waals surface area contributed by atoms with E-state index in [4.69, 9.17) is 14.5 Å². The van der Waals surface area contributed by atoms with E-state index in [1.54, 1.807) is 16.9 Å². The van der Waals surface area contributed by atoms with E-state index < -0.39 is 5.91 Å². The number of ether oxygens (including phenoxy) is 2. The van der Waals surface area contributed by atoms with Crippen molar-refractivity contribution < 1.29 is 19.1 Å². The molecule has 2 N–H and O–H groups in total. The number of rotatable bonds is 5. The van der Waals surface area contributed by atoms with E-state index in [9.17, 15) is 9.59 Å². The van der Waals surface area contributed by atoms with Gasteiger partial charge in [-0.1, -0.05) is 13.8 Å². The monoisotopic (exact) mass is 437 g/mol. The standard InChI is InChI=1S/C23H27N5O4/c1-13(2)9-21(29)26-27-23(30)16-11-18(25-22-17(16)12-24-28(22)14(3)4)15-5-6-19-20(10-15)32-8-7-31-19/h5-6,10-14H,7-9H2,1-4H3,(H,26,29)(H,27,30). The fourth-order valence-corrected chi connectivity index (χ4v) is 3.55. The lowest BCUT2D eigenvalue weighted by Gasteiger charge is -2.19. The van der Waals surface area contributed by atoms with Gasteiger partial charge in [0, 0.05) is 18.0 Å². The van der Waals surface area contributed by atoms with Crippen LogP contribution in [0.15, 0.2) is 30.5 Å². The van der Waals surface area contributed by atoms with Gasteiger partial charge in [0.25, 0.3) is 5.91 Å². The molecule has 3 aromatic rings. The van der Waals surface area contributed by atoms with Gasteiger partial charge in [-0.15, -0.1) is 0 Å². The van der Waals surface area contributed by atoms with Gasteiger partial charge in [0.1, 0.15) is 13.2 Å². The molecule has 0 unspecified atom stereocenters. The van der Waals surface area contributed by atoms with Crippen LogP contribution in [0.4, 0.5) is 0 Å². The van der Waals surface area contributed by atoms with Gasteiger partial charge in [0.15, 0.2) is 17.1 Å². The molecule has 0 saturated heterocycles. The highest BCUT2D eigenvalue weighted by Crippen LogP contribution is 2.35. The van der Waals surface area contributed by atoms with E-state index in [1.165, 1.54) is 0 Å². The third-order valence-corrected chi connectivity index (χ3v) is 5.05. The van der Waals surface area contributed by atoms with Crippen molar-refractivity contribution in [1.29, 1.82) is 0 Å². The lowest BCUT2D eigenvalue weighted by atomic mass is 10.1. The molecule has 0 fully saturated rings. The number of pyridine rings is 1. The smallest absolute Gasteiger partial charge is 0.270 e. The van der Waals surface area contributed by atoms with E-state index in [0.29, 0.717) is 53.4 Å². The molecule has 1 aromatic carbocycles. The number of hydrogen-bond donors (Lipinski definition) is 2. The minimum Gasteiger partial charge on any atom is -0.486 e. The second-order valence-electron chi connectivity index (χ2n) is 8.43. The first-order valence-electron chi connectivity index (χ1n) is 10.7. The summed E-state index contributed by atoms with van der Waals surface area (Å²) in [6.07, 6.45) is 1.94. The summed E-state index contributed by atoms with van der Waals surface area (Å²) in [7, 11) is 0. The van der Waals surface area contributed by atoms with Crippen molar-refractivity contribution in [2.75, 3.05) is 13.2 Å². The van der Waals surface area contributed by atoms with Crippen LogP contribution < -0.4 is 20.3 Å². The van der Waals surface area contributed by atoms with Gasteiger partial charge in [0.2, 0.25) is 5.91 Å². The fourth-order valence-electron chi connectivity index (χ4n) is 3.55. The molecule has 0 atom stereocenters. The van der Waals surface area contributed by atoms with Crippen molar-refractivity contribution in [3.8, 4) is 22.8 Å². The molecule has 9 heteroatoms. The van der Waals surface area contributed by atoms with Crippen LogP contribution in [0.1, 0.15) is 50.5 Å². The third kappa shape index (κ3) is 4.37. The Hall–Kier alpha value is -3.62. The van der Waals surface area contributed by atoms with E-state index in [0.717, 1.165) is 5.56 Å². The molecule has 0 radical (unpaired) electrons. The number of nitrogens with zero attached hydrogens (tertiary/aromatic N) is 3. The third-order valence-electron chi connectivity index (χ3n) is 5.05. The Balaban J connectivity index is 1.73. The summed E-state index contributed by atoms with van der Waals surface area (Å²) in [6, 6.07) is 7.32. The van der Waals surface area contributed by atoms with Gasteiger partial charge in [-0.25, -0.2) is 9.67 Å². The molecular weight excluding hydrogens is 410 g/mol. The molecule has 0 bridgehead atoms. The number of hydrazine groups is 1. The highest BCUT2D eigenvalue weighted by molar-refractivity contribution is 6.07. The summed E-state index contributed by atoms with van der Waals surface area (Å²) in [5.74, 6) is 0.824. The molecular formula is C23H27N5O4. The molecule has 9 nitrogen and oxygen atoms in total. The molecule has 32 heavy (non-hydrogen) atoms. The molecule has 2 aromatic heterocycles. The Kier molecular flexibility index (Phi) is 5.98. The molecule has 4 rings (SSSR count). The largest absolute Gasteiger partial charge is 0.486 e. The quantitative estimate of drug-likeness (QED) is 0.594. The molecule has 2 amide bonds. The minimum atomic E-state index is -0.434. The SMILES string of the molecule is CC(C)CC(=O)NNC(=O)c1cc(-c2ccc3c(c2)OCCO3)nc2c1cnn2C(C)C. The second kappa shape index (κ2) is 8.86. The zero-order valence-electron chi connectivity index (χ0n) is 18.6. The summed E-state index contributed by atoms with van der Waals surface area (Å²) in [4.78, 5) is 29.8. The van der Waals surface area contributed by atoms with Crippen LogP contribution >= 0.6 is 0 Å². The van der Waals surface area contributed by atoms with Crippen molar-refractivity contribution >= 4 is 22.8 Å². The molecule has 1 aliphatic rings. The van der Waals surface area contributed by atoms with Crippen LogP contribution in [0.5, 0.6) is 11.5 Å². The van der Waals surface area contributed by atoms with E-state index in [2.05, 4.69) is 16.0 Å². The van der Waals surface area contributed by atoms with Gasteiger partial charge in [-0.05, 0) is 44.0 Å². The minimum absolute atomic E-state index is 0.0529. The first kappa shape index (κ1) is 21.6. The van der Waals surface area contributed by atoms with Crippen molar-refractivity contribution in [2.45, 2.75) is 40.2 Å². The lowest BCUT2D eigenvalue weighted by molar-refractivity contribution is -0.122. The first-order chi connectivity index (χ1) is 15.3. The number of carbonyl (C=O) groups is 2. The zero-order valence-corrected chi connectivity index (χ0v) is 18.6. The molecule has 1 aliphatic heterocycles. The van der Waals surface area contributed by atoms with Gasteiger partial charge >= 0.3 is 0 Å². The Labute approximate surface area is 186 Å². The summed E-state index contributed by atoms with van der Waals surface area (Å²) in [5.41, 5.74) is 7.34. The highest BCUT2D eigenvalue weighted by Gasteiger charge is 2.20. The lowest BCUT2D eigenvalue weighted by Crippen LogP contribution is -2.42. The average molecular weight is 438 g/mol. The van der Waals surface area contributed by atoms with Crippen molar-refractivity contribution in [3.05, 3.63) is 36.0 Å². The summed E-state index contributed by atoms with van der Waals surface area (Å²) < 4.78 is 13.1. The number of aromatic nitrogens is 3. The van der Waals surface area contributed by atoms with Crippen molar-refractivity contribution in [1.82, 2.24) is 25.6 Å². The maximum atomic E-state index is 13.0. The molecule has 0 spiro atoms. The maximum Gasteiger partial charge on any atom is 0.270 e. The summed E-state index contributed by atoms with van der Waals surface area (Å²) in [6.45, 7) is 8.86. The molecule has 0 saturated carbocycles. The van der Waals surface area contributed by atoms with Crippen LogP contribution in [0.25, 0.3) is 22.3 Å². The van der Waals surface area contributed by atoms with Crippen LogP contribution in [-0.2, 0) is 4.79 Å². The topological polar surface area (TPSA) is 107 Å². The normalized spacial score (nSPS) is 12.9. The number of nitrogens with one attached hydrogen (secondary N) is 2. The predicted octanol–water partition coefficient (Wildman–Crippen LogP) is 3.26. The van der Waals surface area contributed by atoms with Gasteiger partial charge in [-0.3, -0.25) is 20.4 Å². The van der Waals surface area contributed by atoms with E-state index in [1.807, 2.05) is 45.9 Å². The average Bonchev–Trinajstić information content (AvgIpc) is 3.20.